The molecule has 2 amide bonds. The van der Waals surface area contributed by atoms with Crippen LogP contribution in [0, 0.1) is 0 Å². The Morgan fingerprint density at radius 3 is 2.12 bits per heavy atom. The van der Waals surface area contributed by atoms with Gasteiger partial charge in [-0.15, -0.1) is 0 Å². The molecule has 0 aliphatic carbocycles. The number of hydrazine groups is 1. The number of halogens is 1. The van der Waals surface area contributed by atoms with Crippen LogP contribution in [0.5, 0.6) is 0 Å². The molecule has 0 bridgehead atoms. The van der Waals surface area contributed by atoms with E-state index in [2.05, 4.69) is 10.9 Å². The Labute approximate surface area is 150 Å². The molecule has 0 unspecified atom stereocenters. The average Bonchev–Trinajstić information content (AvgIpc) is 2.90. The fraction of sp³-hybridized carbons (Fsp3) is 0.250. The molecule has 2 aromatic rings. The van der Waals surface area contributed by atoms with Crippen LogP contribution in [0.1, 0.15) is 34.7 Å². The van der Waals surface area contributed by atoms with Crippen LogP contribution < -0.4 is 10.9 Å². The number of carbonyl (C=O) groups is 2. The summed E-state index contributed by atoms with van der Waals surface area (Å²) in [4.78, 5) is 24.2. The molecule has 0 saturated heterocycles. The zero-order valence-corrected chi connectivity index (χ0v) is 15.5. The van der Waals surface area contributed by atoms with Gasteiger partial charge in [0.15, 0.2) is 9.84 Å². The number of amides is 2. The van der Waals surface area contributed by atoms with Crippen LogP contribution in [0.15, 0.2) is 41.4 Å². The summed E-state index contributed by atoms with van der Waals surface area (Å²) in [6.45, 7) is 3.17. The Hall–Kier alpha value is -2.32. The fourth-order valence-electron chi connectivity index (χ4n) is 2.07. The zero-order valence-electron chi connectivity index (χ0n) is 13.9. The van der Waals surface area contributed by atoms with Crippen LogP contribution in [-0.2, 0) is 16.9 Å². The standard InChI is InChI=1S/C16H18ClN3O4S/c1-10(2)25(23,24)13-6-4-11(5-7-13)15(21)18-19-16(22)14-8-12(17)9-20(14)3/h4-10H,1-3H3,(H,18,21)(H,19,22). The van der Waals surface area contributed by atoms with Gasteiger partial charge in [0.2, 0.25) is 0 Å². The predicted molar refractivity (Wildman–Crippen MR) is 94.1 cm³/mol. The third-order valence-corrected chi connectivity index (χ3v) is 5.94. The van der Waals surface area contributed by atoms with E-state index in [1.54, 1.807) is 27.1 Å². The fourth-order valence-corrected chi connectivity index (χ4v) is 3.38. The molecule has 0 fully saturated rings. The molecular formula is C16H18ClN3O4S. The quantitative estimate of drug-likeness (QED) is 0.788. The molecule has 2 rings (SSSR count). The smallest absolute Gasteiger partial charge is 0.286 e. The second-order valence-electron chi connectivity index (χ2n) is 5.68. The highest BCUT2D eigenvalue weighted by Gasteiger charge is 2.19. The predicted octanol–water partition coefficient (Wildman–Crippen LogP) is 1.94. The van der Waals surface area contributed by atoms with Crippen molar-refractivity contribution in [2.45, 2.75) is 24.0 Å². The molecular weight excluding hydrogens is 366 g/mol. The van der Waals surface area contributed by atoms with Crippen molar-refractivity contribution in [1.82, 2.24) is 15.4 Å². The van der Waals surface area contributed by atoms with Crippen molar-refractivity contribution < 1.29 is 18.0 Å². The first-order valence-corrected chi connectivity index (χ1v) is 9.32. The highest BCUT2D eigenvalue weighted by atomic mass is 35.5. The number of hydrogen-bond acceptors (Lipinski definition) is 4. The van der Waals surface area contributed by atoms with E-state index in [4.69, 9.17) is 11.6 Å². The van der Waals surface area contributed by atoms with Crippen LogP contribution >= 0.6 is 11.6 Å². The number of aryl methyl sites for hydroxylation is 1. The summed E-state index contributed by atoms with van der Waals surface area (Å²) < 4.78 is 25.6. The minimum atomic E-state index is -3.40. The molecule has 2 N–H and O–H groups in total. The van der Waals surface area contributed by atoms with Crippen LogP contribution in [0.3, 0.4) is 0 Å². The molecule has 7 nitrogen and oxygen atoms in total. The molecule has 0 atom stereocenters. The van der Waals surface area contributed by atoms with Gasteiger partial charge in [0.05, 0.1) is 15.2 Å². The maximum Gasteiger partial charge on any atom is 0.286 e. The minimum absolute atomic E-state index is 0.140. The summed E-state index contributed by atoms with van der Waals surface area (Å²) >= 11 is 5.80. The molecule has 0 aliphatic heterocycles. The summed E-state index contributed by atoms with van der Waals surface area (Å²) in [5, 5.41) is -0.149. The lowest BCUT2D eigenvalue weighted by Crippen LogP contribution is -2.42. The third kappa shape index (κ3) is 4.21. The van der Waals surface area contributed by atoms with Gasteiger partial charge in [-0.2, -0.15) is 0 Å². The van der Waals surface area contributed by atoms with Crippen molar-refractivity contribution >= 4 is 33.3 Å². The SMILES string of the molecule is CC(C)S(=O)(=O)c1ccc(C(=O)NNC(=O)c2cc(Cl)cn2C)cc1. The minimum Gasteiger partial charge on any atom is -0.345 e. The normalized spacial score (nSPS) is 11.4. The van der Waals surface area contributed by atoms with Crippen molar-refractivity contribution in [1.29, 1.82) is 0 Å². The summed E-state index contributed by atoms with van der Waals surface area (Å²) in [5.74, 6) is -1.09. The number of hydrogen-bond donors (Lipinski definition) is 2. The molecule has 1 heterocycles. The summed E-state index contributed by atoms with van der Waals surface area (Å²) in [6, 6.07) is 6.97. The summed E-state index contributed by atoms with van der Waals surface area (Å²) in [7, 11) is -1.75. The Morgan fingerprint density at radius 1 is 1.08 bits per heavy atom. The number of carbonyl (C=O) groups excluding carboxylic acids is 2. The first-order chi connectivity index (χ1) is 11.6. The van der Waals surface area contributed by atoms with E-state index in [1.165, 1.54) is 34.9 Å². The molecule has 0 radical (unpaired) electrons. The highest BCUT2D eigenvalue weighted by molar-refractivity contribution is 7.92. The Balaban J connectivity index is 2.04. The highest BCUT2D eigenvalue weighted by Crippen LogP contribution is 2.16. The van der Waals surface area contributed by atoms with Crippen LogP contribution in [0.25, 0.3) is 0 Å². The monoisotopic (exact) mass is 383 g/mol. The molecule has 1 aromatic carbocycles. The largest absolute Gasteiger partial charge is 0.345 e. The second kappa shape index (κ2) is 7.28. The van der Waals surface area contributed by atoms with E-state index < -0.39 is 26.9 Å². The first kappa shape index (κ1) is 19.0. The summed E-state index contributed by atoms with van der Waals surface area (Å²) in [5.41, 5.74) is 5.05. The number of nitrogens with zero attached hydrogens (tertiary/aromatic N) is 1. The van der Waals surface area contributed by atoms with E-state index in [0.717, 1.165) is 0 Å². The number of nitrogens with one attached hydrogen (secondary N) is 2. The number of aromatic nitrogens is 1. The molecule has 0 aliphatic rings. The topological polar surface area (TPSA) is 97.3 Å². The molecule has 0 saturated carbocycles. The lowest BCUT2D eigenvalue weighted by molar-refractivity contribution is 0.0842. The maximum absolute atomic E-state index is 12.1. The van der Waals surface area contributed by atoms with Crippen LogP contribution in [0.4, 0.5) is 0 Å². The molecule has 0 spiro atoms. The Bertz CT molecular complexity index is 902. The van der Waals surface area contributed by atoms with E-state index in [0.29, 0.717) is 5.02 Å². The van der Waals surface area contributed by atoms with Gasteiger partial charge in [-0.25, -0.2) is 8.42 Å². The number of rotatable bonds is 4. The van der Waals surface area contributed by atoms with Crippen LogP contribution in [0.2, 0.25) is 5.02 Å². The summed E-state index contributed by atoms with van der Waals surface area (Å²) in [6.07, 6.45) is 1.56. The lowest BCUT2D eigenvalue weighted by Gasteiger charge is -2.10. The Kier molecular flexibility index (Phi) is 5.54. The lowest BCUT2D eigenvalue weighted by atomic mass is 10.2. The van der Waals surface area contributed by atoms with E-state index in [9.17, 15) is 18.0 Å². The maximum atomic E-state index is 12.1. The number of sulfone groups is 1. The van der Waals surface area contributed by atoms with Gasteiger partial charge in [-0.05, 0) is 44.2 Å². The van der Waals surface area contributed by atoms with Crippen molar-refractivity contribution in [3.05, 3.63) is 52.8 Å². The first-order valence-electron chi connectivity index (χ1n) is 7.39. The van der Waals surface area contributed by atoms with Gasteiger partial charge < -0.3 is 4.57 Å². The van der Waals surface area contributed by atoms with Crippen molar-refractivity contribution in [2.24, 2.45) is 7.05 Å². The van der Waals surface area contributed by atoms with E-state index >= 15 is 0 Å². The van der Waals surface area contributed by atoms with Crippen molar-refractivity contribution in [2.75, 3.05) is 0 Å². The van der Waals surface area contributed by atoms with Crippen molar-refractivity contribution in [3.8, 4) is 0 Å². The Morgan fingerprint density at radius 2 is 1.64 bits per heavy atom. The molecule has 134 valence electrons. The van der Waals surface area contributed by atoms with Gasteiger partial charge in [0, 0.05) is 18.8 Å². The average molecular weight is 384 g/mol. The zero-order chi connectivity index (χ0) is 18.8. The van der Waals surface area contributed by atoms with Crippen molar-refractivity contribution in [3.63, 3.8) is 0 Å². The van der Waals surface area contributed by atoms with Crippen LogP contribution in [-0.4, -0.2) is 30.0 Å². The van der Waals surface area contributed by atoms with Gasteiger partial charge in [0.25, 0.3) is 11.8 Å². The van der Waals surface area contributed by atoms with E-state index in [1.807, 2.05) is 0 Å². The van der Waals surface area contributed by atoms with E-state index in [-0.39, 0.29) is 16.2 Å². The molecule has 25 heavy (non-hydrogen) atoms. The third-order valence-electron chi connectivity index (χ3n) is 3.56. The second-order valence-corrected chi connectivity index (χ2v) is 8.62. The van der Waals surface area contributed by atoms with Gasteiger partial charge >= 0.3 is 0 Å². The van der Waals surface area contributed by atoms with Gasteiger partial charge in [0.1, 0.15) is 5.69 Å². The van der Waals surface area contributed by atoms with Gasteiger partial charge in [-0.3, -0.25) is 20.4 Å². The molecule has 9 heteroatoms. The number of benzene rings is 1. The van der Waals surface area contributed by atoms with Gasteiger partial charge in [-0.1, -0.05) is 11.6 Å². The molecule has 1 aromatic heterocycles.